The maximum atomic E-state index is 13.5. The van der Waals surface area contributed by atoms with Crippen molar-refractivity contribution in [3.05, 3.63) is 93.5 Å². The number of methoxy groups -OCH3 is 1. The van der Waals surface area contributed by atoms with Crippen molar-refractivity contribution in [3.63, 3.8) is 0 Å². The summed E-state index contributed by atoms with van der Waals surface area (Å²) in [5.74, 6) is -0.0687. The molecule has 3 aromatic rings. The molecule has 0 radical (unpaired) electrons. The molecule has 3 rings (SSSR count). The van der Waals surface area contributed by atoms with E-state index in [1.54, 1.807) is 37.3 Å². The van der Waals surface area contributed by atoms with E-state index < -0.39 is 27.4 Å². The van der Waals surface area contributed by atoms with E-state index in [0.29, 0.717) is 16.9 Å². The number of rotatable bonds is 9. The van der Waals surface area contributed by atoms with Gasteiger partial charge in [-0.05, 0) is 49.2 Å². The first kappa shape index (κ1) is 24.9. The van der Waals surface area contributed by atoms with Crippen LogP contribution in [-0.4, -0.2) is 37.2 Å². The summed E-state index contributed by atoms with van der Waals surface area (Å²) in [4.78, 5) is 23.6. The van der Waals surface area contributed by atoms with Crippen molar-refractivity contribution in [2.45, 2.75) is 25.3 Å². The van der Waals surface area contributed by atoms with Gasteiger partial charge in [0.15, 0.2) is 0 Å². The predicted octanol–water partition coefficient (Wildman–Crippen LogP) is 4.05. The van der Waals surface area contributed by atoms with E-state index in [1.165, 1.54) is 44.4 Å². The summed E-state index contributed by atoms with van der Waals surface area (Å²) in [5.41, 5.74) is 1.73. The highest BCUT2D eigenvalue weighted by atomic mass is 32.2. The number of hydrogen-bond acceptors (Lipinski definition) is 6. The number of benzene rings is 3. The van der Waals surface area contributed by atoms with Crippen molar-refractivity contribution in [1.29, 1.82) is 0 Å². The molecule has 1 N–H and O–H groups in total. The smallest absolute Gasteiger partial charge is 0.274 e. The molecule has 0 bridgehead atoms. The lowest BCUT2D eigenvalue weighted by molar-refractivity contribution is -0.385. The summed E-state index contributed by atoms with van der Waals surface area (Å²) in [6.45, 7) is 2.74. The van der Waals surface area contributed by atoms with Gasteiger partial charge in [-0.25, -0.2) is 8.42 Å². The van der Waals surface area contributed by atoms with Gasteiger partial charge < -0.3 is 10.1 Å². The number of amides is 1. The number of nitro groups is 1. The number of nitro benzene ring substituents is 1. The lowest BCUT2D eigenvalue weighted by Gasteiger charge is -2.22. The van der Waals surface area contributed by atoms with Crippen molar-refractivity contribution >= 4 is 27.3 Å². The Balaban J connectivity index is 1.92. The first-order valence-electron chi connectivity index (χ1n) is 10.4. The fourth-order valence-corrected chi connectivity index (χ4v) is 4.95. The average Bonchev–Trinajstić information content (AvgIpc) is 2.80. The van der Waals surface area contributed by atoms with Crippen LogP contribution in [0.4, 0.5) is 11.4 Å². The molecule has 0 saturated carbocycles. The fourth-order valence-electron chi connectivity index (χ4n) is 3.48. The number of carbonyl (C=O) groups excluding carboxylic acids is 1. The van der Waals surface area contributed by atoms with Gasteiger partial charge in [-0.15, -0.1) is 0 Å². The van der Waals surface area contributed by atoms with Crippen molar-refractivity contribution in [2.75, 3.05) is 19.0 Å². The van der Waals surface area contributed by atoms with Crippen LogP contribution in [0, 0.1) is 24.0 Å². The average molecular weight is 484 g/mol. The van der Waals surface area contributed by atoms with Crippen LogP contribution in [-0.2, 0) is 21.4 Å². The minimum absolute atomic E-state index is 0.0288. The number of ether oxygens (including phenoxy) is 1. The van der Waals surface area contributed by atoms with Crippen LogP contribution in [0.15, 0.2) is 71.6 Å². The Kier molecular flexibility index (Phi) is 7.64. The van der Waals surface area contributed by atoms with E-state index in [0.717, 1.165) is 4.31 Å². The summed E-state index contributed by atoms with van der Waals surface area (Å²) >= 11 is 0. The normalized spacial score (nSPS) is 11.3. The molecule has 3 aromatic carbocycles. The predicted molar refractivity (Wildman–Crippen MR) is 128 cm³/mol. The number of hydrogen-bond donors (Lipinski definition) is 1. The minimum atomic E-state index is -4.06. The van der Waals surface area contributed by atoms with Crippen LogP contribution < -0.4 is 10.1 Å². The lowest BCUT2D eigenvalue weighted by Crippen LogP contribution is -2.37. The molecular formula is C24H25N3O6S. The van der Waals surface area contributed by atoms with E-state index in [1.807, 2.05) is 6.07 Å². The SMILES string of the molecule is COc1ccc(S(=O)(=O)N(CC(=O)Nc2cccc([N+](=O)[O-])c2C)Cc2ccccc2)cc1C. The topological polar surface area (TPSA) is 119 Å². The van der Waals surface area contributed by atoms with Crippen LogP contribution in [0.25, 0.3) is 0 Å². The van der Waals surface area contributed by atoms with Gasteiger partial charge in [-0.3, -0.25) is 14.9 Å². The molecule has 0 spiro atoms. The van der Waals surface area contributed by atoms with Crippen molar-refractivity contribution in [3.8, 4) is 5.75 Å². The lowest BCUT2D eigenvalue weighted by atomic mass is 10.1. The third-order valence-corrected chi connectivity index (χ3v) is 7.09. The van der Waals surface area contributed by atoms with E-state index in [-0.39, 0.29) is 28.4 Å². The molecule has 10 heteroatoms. The number of anilines is 1. The Hall–Kier alpha value is -3.76. The molecule has 0 aromatic heterocycles. The number of nitrogens with one attached hydrogen (secondary N) is 1. The fraction of sp³-hybridized carbons (Fsp3) is 0.208. The molecule has 0 aliphatic rings. The van der Waals surface area contributed by atoms with E-state index in [2.05, 4.69) is 5.32 Å². The molecule has 0 atom stereocenters. The van der Waals surface area contributed by atoms with Gasteiger partial charge in [-0.1, -0.05) is 36.4 Å². The molecule has 1 amide bonds. The molecular weight excluding hydrogens is 458 g/mol. The molecule has 34 heavy (non-hydrogen) atoms. The number of sulfonamides is 1. The quantitative estimate of drug-likeness (QED) is 0.362. The van der Waals surface area contributed by atoms with Gasteiger partial charge in [0.1, 0.15) is 5.75 Å². The molecule has 0 saturated heterocycles. The maximum Gasteiger partial charge on any atom is 0.274 e. The van der Waals surface area contributed by atoms with Crippen LogP contribution >= 0.6 is 0 Å². The summed E-state index contributed by atoms with van der Waals surface area (Å²) < 4.78 is 33.3. The van der Waals surface area contributed by atoms with E-state index in [9.17, 15) is 23.3 Å². The monoisotopic (exact) mass is 483 g/mol. The first-order chi connectivity index (χ1) is 16.1. The Morgan fingerprint density at radius 2 is 1.76 bits per heavy atom. The molecule has 9 nitrogen and oxygen atoms in total. The van der Waals surface area contributed by atoms with Crippen LogP contribution in [0.5, 0.6) is 5.75 Å². The first-order valence-corrected chi connectivity index (χ1v) is 11.8. The Bertz CT molecular complexity index is 1310. The van der Waals surface area contributed by atoms with Crippen LogP contribution in [0.1, 0.15) is 16.7 Å². The van der Waals surface area contributed by atoms with Gasteiger partial charge in [0.2, 0.25) is 15.9 Å². The number of carbonyl (C=O) groups is 1. The highest BCUT2D eigenvalue weighted by molar-refractivity contribution is 7.89. The summed E-state index contributed by atoms with van der Waals surface area (Å²) in [7, 11) is -2.56. The summed E-state index contributed by atoms with van der Waals surface area (Å²) in [6, 6.07) is 17.7. The molecule has 0 heterocycles. The highest BCUT2D eigenvalue weighted by Crippen LogP contribution is 2.27. The van der Waals surface area contributed by atoms with Crippen LogP contribution in [0.2, 0.25) is 0 Å². The number of nitrogens with zero attached hydrogens (tertiary/aromatic N) is 2. The van der Waals surface area contributed by atoms with Crippen molar-refractivity contribution in [1.82, 2.24) is 4.31 Å². The third kappa shape index (κ3) is 5.59. The molecule has 0 unspecified atom stereocenters. The zero-order valence-electron chi connectivity index (χ0n) is 19.0. The Morgan fingerprint density at radius 3 is 2.38 bits per heavy atom. The second kappa shape index (κ2) is 10.4. The molecule has 0 fully saturated rings. The zero-order valence-corrected chi connectivity index (χ0v) is 19.8. The molecule has 0 aliphatic heterocycles. The van der Waals surface area contributed by atoms with Gasteiger partial charge in [0.25, 0.3) is 5.69 Å². The van der Waals surface area contributed by atoms with E-state index in [4.69, 9.17) is 4.74 Å². The van der Waals surface area contributed by atoms with Gasteiger partial charge >= 0.3 is 0 Å². The minimum Gasteiger partial charge on any atom is -0.496 e. The Morgan fingerprint density at radius 1 is 1.06 bits per heavy atom. The molecule has 178 valence electrons. The van der Waals surface area contributed by atoms with Gasteiger partial charge in [0.05, 0.1) is 34.7 Å². The Labute approximate surface area is 198 Å². The highest BCUT2D eigenvalue weighted by Gasteiger charge is 2.28. The zero-order chi connectivity index (χ0) is 24.9. The van der Waals surface area contributed by atoms with E-state index >= 15 is 0 Å². The second-order valence-electron chi connectivity index (χ2n) is 7.65. The number of aryl methyl sites for hydroxylation is 1. The van der Waals surface area contributed by atoms with Crippen LogP contribution in [0.3, 0.4) is 0 Å². The van der Waals surface area contributed by atoms with Crippen molar-refractivity contribution in [2.24, 2.45) is 0 Å². The van der Waals surface area contributed by atoms with Gasteiger partial charge in [-0.2, -0.15) is 4.31 Å². The summed E-state index contributed by atoms with van der Waals surface area (Å²) in [6.07, 6.45) is 0. The van der Waals surface area contributed by atoms with Gasteiger partial charge in [0, 0.05) is 12.6 Å². The largest absolute Gasteiger partial charge is 0.496 e. The third-order valence-electron chi connectivity index (χ3n) is 5.30. The molecule has 0 aliphatic carbocycles. The standard InChI is InChI=1S/C24H25N3O6S/c1-17-14-20(12-13-23(17)33-3)34(31,32)26(15-19-8-5-4-6-9-19)16-24(28)25-21-10-7-11-22(18(21)2)27(29)30/h4-14H,15-16H2,1-3H3,(H,25,28). The second-order valence-corrected chi connectivity index (χ2v) is 9.58. The van der Waals surface area contributed by atoms with Crippen molar-refractivity contribution < 1.29 is 22.9 Å². The summed E-state index contributed by atoms with van der Waals surface area (Å²) in [5, 5.41) is 13.8. The maximum absolute atomic E-state index is 13.5.